The smallest absolute Gasteiger partial charge is 0.236 e. The lowest BCUT2D eigenvalue weighted by atomic mass is 10.4. The van der Waals surface area contributed by atoms with Gasteiger partial charge in [0.15, 0.2) is 5.65 Å². The van der Waals surface area contributed by atoms with E-state index in [1.54, 1.807) is 23.6 Å². The zero-order chi connectivity index (χ0) is 16.5. The van der Waals surface area contributed by atoms with Gasteiger partial charge < -0.3 is 9.64 Å². The molecule has 0 spiro atoms. The largest absolute Gasteiger partial charge is 0.381 e. The lowest BCUT2D eigenvalue weighted by Gasteiger charge is -2.16. The van der Waals surface area contributed by atoms with E-state index in [9.17, 15) is 8.42 Å². The average molecular weight is 327 g/mol. The molecule has 2 aromatic rings. The van der Waals surface area contributed by atoms with Crippen molar-refractivity contribution in [1.82, 2.24) is 14.6 Å². The van der Waals surface area contributed by atoms with Crippen LogP contribution in [0.25, 0.3) is 5.65 Å². The van der Waals surface area contributed by atoms with Crippen LogP contribution in [0.5, 0.6) is 0 Å². The van der Waals surface area contributed by atoms with Crippen molar-refractivity contribution >= 4 is 27.3 Å². The summed E-state index contributed by atoms with van der Waals surface area (Å²) in [7, 11) is 1.66. The van der Waals surface area contributed by atoms with Crippen LogP contribution in [0.4, 0.5) is 11.6 Å². The van der Waals surface area contributed by atoms with Gasteiger partial charge in [-0.3, -0.25) is 4.72 Å². The van der Waals surface area contributed by atoms with Crippen molar-refractivity contribution in [1.29, 1.82) is 0 Å². The monoisotopic (exact) mass is 327 g/mol. The molecule has 122 valence electrons. The van der Waals surface area contributed by atoms with Crippen molar-refractivity contribution in [3.05, 3.63) is 17.8 Å². The first-order valence-electron chi connectivity index (χ1n) is 6.80. The second-order valence-electron chi connectivity index (χ2n) is 5.38. The first-order valence-corrected chi connectivity index (χ1v) is 8.45. The summed E-state index contributed by atoms with van der Waals surface area (Å²) in [4.78, 5) is 6.14. The van der Waals surface area contributed by atoms with Gasteiger partial charge in [-0.2, -0.15) is 9.61 Å². The molecule has 2 heterocycles. The molecule has 0 radical (unpaired) electrons. The Bertz CT molecular complexity index is 769. The summed E-state index contributed by atoms with van der Waals surface area (Å²) in [6.45, 7) is 3.56. The Hall–Kier alpha value is -1.87. The minimum absolute atomic E-state index is 0.133. The van der Waals surface area contributed by atoms with Crippen molar-refractivity contribution in [3.63, 3.8) is 0 Å². The van der Waals surface area contributed by atoms with Gasteiger partial charge in [0.2, 0.25) is 10.0 Å². The van der Waals surface area contributed by atoms with Gasteiger partial charge in [-0.25, -0.2) is 13.4 Å². The summed E-state index contributed by atoms with van der Waals surface area (Å²) < 4.78 is 33.4. The van der Waals surface area contributed by atoms with Crippen molar-refractivity contribution in [3.8, 4) is 0 Å². The van der Waals surface area contributed by atoms with Crippen molar-refractivity contribution in [2.45, 2.75) is 20.0 Å². The number of methoxy groups -OCH3 is 1. The third-order valence-corrected chi connectivity index (χ3v) is 4.53. The molecule has 0 aliphatic rings. The van der Waals surface area contributed by atoms with E-state index in [-0.39, 0.29) is 11.6 Å². The van der Waals surface area contributed by atoms with Crippen LogP contribution >= 0.6 is 0 Å². The molecular formula is C13H21N5O3S. The molecule has 8 nitrogen and oxygen atoms in total. The van der Waals surface area contributed by atoms with Crippen LogP contribution in [0, 0.1) is 6.92 Å². The van der Waals surface area contributed by atoms with Crippen LogP contribution in [0.2, 0.25) is 0 Å². The summed E-state index contributed by atoms with van der Waals surface area (Å²) in [5.41, 5.74) is 1.39. The summed E-state index contributed by atoms with van der Waals surface area (Å²) in [6.07, 6.45) is -0.397. The molecule has 0 aliphatic heterocycles. The van der Waals surface area contributed by atoms with E-state index in [0.29, 0.717) is 5.65 Å². The van der Waals surface area contributed by atoms with Crippen molar-refractivity contribution < 1.29 is 13.2 Å². The predicted octanol–water partition coefficient (Wildman–Crippen LogP) is 0.880. The van der Waals surface area contributed by atoms with Crippen LogP contribution in [-0.2, 0) is 14.8 Å². The maximum absolute atomic E-state index is 12.1. The third-order valence-electron chi connectivity index (χ3n) is 3.11. The number of rotatable bonds is 6. The number of nitrogens with zero attached hydrogens (tertiary/aromatic N) is 4. The Morgan fingerprint density at radius 2 is 2.09 bits per heavy atom. The van der Waals surface area contributed by atoms with E-state index in [1.165, 1.54) is 7.11 Å². The van der Waals surface area contributed by atoms with Crippen molar-refractivity contribution in [2.24, 2.45) is 0 Å². The summed E-state index contributed by atoms with van der Waals surface area (Å²) in [5, 5.41) is 4.35. The molecular weight excluding hydrogens is 306 g/mol. The van der Waals surface area contributed by atoms with Crippen LogP contribution in [0.1, 0.15) is 12.6 Å². The van der Waals surface area contributed by atoms with E-state index in [0.717, 1.165) is 11.5 Å². The first-order chi connectivity index (χ1) is 10.2. The summed E-state index contributed by atoms with van der Waals surface area (Å²) in [6, 6.07) is 3.44. The van der Waals surface area contributed by atoms with Crippen molar-refractivity contribution in [2.75, 3.05) is 36.6 Å². The number of aryl methyl sites for hydroxylation is 1. The number of aromatic nitrogens is 3. The fourth-order valence-corrected chi connectivity index (χ4v) is 3.28. The standard InChI is InChI=1S/C13H21N5O3S/c1-9-6-12-14-11(7-13(17(3)4)18(12)15-9)16-22(19,20)8-10(2)21-5/h6-7,10H,8H2,1-5H3,(H,14,16). The average Bonchev–Trinajstić information content (AvgIpc) is 2.76. The van der Waals surface area contributed by atoms with E-state index >= 15 is 0 Å². The second-order valence-corrected chi connectivity index (χ2v) is 7.15. The van der Waals surface area contributed by atoms with E-state index in [2.05, 4.69) is 14.8 Å². The molecule has 0 aromatic carbocycles. The molecule has 9 heteroatoms. The number of nitrogens with one attached hydrogen (secondary N) is 1. The fourth-order valence-electron chi connectivity index (χ4n) is 2.02. The van der Waals surface area contributed by atoms with Gasteiger partial charge in [0.25, 0.3) is 0 Å². The zero-order valence-corrected chi connectivity index (χ0v) is 14.2. The van der Waals surface area contributed by atoms with Gasteiger partial charge in [0.05, 0.1) is 17.6 Å². The molecule has 2 aromatic heterocycles. The molecule has 0 aliphatic carbocycles. The number of anilines is 2. The number of hydrogen-bond donors (Lipinski definition) is 1. The highest BCUT2D eigenvalue weighted by atomic mass is 32.2. The van der Waals surface area contributed by atoms with Gasteiger partial charge in [-0.1, -0.05) is 0 Å². The summed E-state index contributed by atoms with van der Waals surface area (Å²) in [5.74, 6) is 0.862. The number of hydrogen-bond acceptors (Lipinski definition) is 6. The van der Waals surface area contributed by atoms with Gasteiger partial charge in [0.1, 0.15) is 11.6 Å². The summed E-state index contributed by atoms with van der Waals surface area (Å²) >= 11 is 0. The minimum atomic E-state index is -3.54. The molecule has 1 unspecified atom stereocenters. The number of ether oxygens (including phenoxy) is 1. The highest BCUT2D eigenvalue weighted by molar-refractivity contribution is 7.92. The topological polar surface area (TPSA) is 88.8 Å². The first kappa shape index (κ1) is 16.5. The number of sulfonamides is 1. The quantitative estimate of drug-likeness (QED) is 0.847. The maximum atomic E-state index is 12.1. The molecule has 1 atom stereocenters. The molecule has 1 N–H and O–H groups in total. The van der Waals surface area contributed by atoms with Crippen LogP contribution in [0.15, 0.2) is 12.1 Å². The highest BCUT2D eigenvalue weighted by Gasteiger charge is 2.18. The van der Waals surface area contributed by atoms with E-state index in [4.69, 9.17) is 4.74 Å². The Balaban J connectivity index is 2.40. The van der Waals surface area contributed by atoms with E-state index < -0.39 is 16.1 Å². The maximum Gasteiger partial charge on any atom is 0.236 e. The molecule has 0 saturated heterocycles. The predicted molar refractivity (Wildman–Crippen MR) is 85.9 cm³/mol. The Morgan fingerprint density at radius 1 is 1.41 bits per heavy atom. The van der Waals surface area contributed by atoms with E-state index in [1.807, 2.05) is 25.9 Å². The molecule has 0 fully saturated rings. The third kappa shape index (κ3) is 3.66. The normalized spacial score (nSPS) is 13.3. The van der Waals surface area contributed by atoms with Gasteiger partial charge >= 0.3 is 0 Å². The Kier molecular flexibility index (Phi) is 4.57. The molecule has 0 saturated carbocycles. The van der Waals surface area contributed by atoms with Crippen LogP contribution in [-0.4, -0.2) is 56.1 Å². The molecule has 0 bridgehead atoms. The fraction of sp³-hybridized carbons (Fsp3) is 0.538. The Morgan fingerprint density at radius 3 is 2.68 bits per heavy atom. The molecule has 22 heavy (non-hydrogen) atoms. The lowest BCUT2D eigenvalue weighted by molar-refractivity contribution is 0.136. The molecule has 0 amide bonds. The Labute approximate surface area is 130 Å². The van der Waals surface area contributed by atoms with Gasteiger partial charge in [-0.15, -0.1) is 0 Å². The number of fused-ring (bicyclic) bond motifs is 1. The SMILES string of the molecule is COC(C)CS(=O)(=O)Nc1cc(N(C)C)n2nc(C)cc2n1. The van der Waals surface area contributed by atoms with Gasteiger partial charge in [0, 0.05) is 33.3 Å². The molecule has 2 rings (SSSR count). The lowest BCUT2D eigenvalue weighted by Crippen LogP contribution is -2.26. The minimum Gasteiger partial charge on any atom is -0.381 e. The van der Waals surface area contributed by atoms with Crippen LogP contribution in [0.3, 0.4) is 0 Å². The van der Waals surface area contributed by atoms with Gasteiger partial charge in [-0.05, 0) is 13.8 Å². The van der Waals surface area contributed by atoms with Crippen LogP contribution < -0.4 is 9.62 Å². The zero-order valence-electron chi connectivity index (χ0n) is 13.4. The second kappa shape index (κ2) is 6.09. The highest BCUT2D eigenvalue weighted by Crippen LogP contribution is 2.20.